The van der Waals surface area contributed by atoms with Crippen molar-refractivity contribution >= 4 is 72.0 Å². The summed E-state index contributed by atoms with van der Waals surface area (Å²) in [5, 5.41) is 8.67. The third-order valence-corrected chi connectivity index (χ3v) is 10.1. The fourth-order valence-corrected chi connectivity index (χ4v) is 5.02. The molecular formula is C47H78N9O18+. The Morgan fingerprint density at radius 1 is 0.446 bits per heavy atom. The van der Waals surface area contributed by atoms with Crippen molar-refractivity contribution in [3.63, 3.8) is 0 Å². The summed E-state index contributed by atoms with van der Waals surface area (Å²) >= 11 is 0. The molecule has 1 rings (SSSR count). The predicted molar refractivity (Wildman–Crippen MR) is 266 cm³/mol. The number of amides is 12. The Kier molecular flexibility index (Phi) is 28.6. The highest BCUT2D eigenvalue weighted by Crippen LogP contribution is 2.13. The van der Waals surface area contributed by atoms with Crippen LogP contribution >= 0.6 is 0 Å². The maximum Gasteiger partial charge on any atom is 1.00 e. The Labute approximate surface area is 434 Å². The van der Waals surface area contributed by atoms with E-state index in [2.05, 4.69) is 4.74 Å². The van der Waals surface area contributed by atoms with E-state index in [1.807, 2.05) is 18.2 Å². The van der Waals surface area contributed by atoms with Crippen LogP contribution in [-0.4, -0.2) is 248 Å². The lowest BCUT2D eigenvalue weighted by Gasteiger charge is -2.29. The molecule has 0 radical (unpaired) electrons. The number of urea groups is 6. The first kappa shape index (κ1) is 68.3. The van der Waals surface area contributed by atoms with Gasteiger partial charge in [0.15, 0.2) is 18.3 Å². The molecule has 0 saturated heterocycles. The van der Waals surface area contributed by atoms with Gasteiger partial charge in [0.25, 0.3) is 0 Å². The smallest absolute Gasteiger partial charge is 0.479 e. The highest BCUT2D eigenvalue weighted by molar-refractivity contribution is 5.96. The predicted octanol–water partition coefficient (Wildman–Crippen LogP) is 3.20. The number of rotatable bonds is 14. The first-order chi connectivity index (χ1) is 33.7. The first-order valence-electron chi connectivity index (χ1n) is 22.7. The molecule has 0 heterocycles. The second-order valence-corrected chi connectivity index (χ2v) is 18.1. The molecule has 0 aliphatic heterocycles. The molecule has 6 atom stereocenters. The zero-order chi connectivity index (χ0) is 58.4. The maximum atomic E-state index is 12.3. The monoisotopic (exact) mass is 1060 g/mol. The van der Waals surface area contributed by atoms with E-state index in [9.17, 15) is 57.5 Å². The Morgan fingerprint density at radius 3 is 1.00 bits per heavy atom. The third kappa shape index (κ3) is 22.8. The SMILES string of the molecule is CC(OC(=O)C(C)N(C)C(=O)N(C)C(=O)N(C)C)C(=O)O.CC(OC(=O)C(C)N(C)C(=O)N(C)C(=O)N(C)C)C(=O)OC(C)(C)C.CC(OC(=O)C(C)N(C)C(=O)N(C)C(=O)N(C)C)C(=O)OCc1ccccc1.[H+]. The first-order valence-corrected chi connectivity index (χ1v) is 22.7. The topological polar surface area (TPSA) is 300 Å². The van der Waals surface area contributed by atoms with E-state index in [1.165, 1.54) is 141 Å². The van der Waals surface area contributed by atoms with E-state index in [0.29, 0.717) is 0 Å². The van der Waals surface area contributed by atoms with E-state index in [4.69, 9.17) is 24.1 Å². The van der Waals surface area contributed by atoms with Crippen molar-refractivity contribution in [2.45, 2.75) is 111 Å². The number of benzene rings is 1. The van der Waals surface area contributed by atoms with Gasteiger partial charge in [0.2, 0.25) is 0 Å². The minimum Gasteiger partial charge on any atom is -0.479 e. The normalized spacial score (nSPS) is 12.8. The summed E-state index contributed by atoms with van der Waals surface area (Å²) in [7, 11) is 16.9. The molecule has 0 aromatic heterocycles. The molecule has 418 valence electrons. The number of nitrogens with zero attached hydrogens (tertiary/aromatic N) is 9. The molecule has 0 aliphatic carbocycles. The van der Waals surface area contributed by atoms with Crippen molar-refractivity contribution in [1.82, 2.24) is 44.1 Å². The van der Waals surface area contributed by atoms with E-state index < -0.39 is 114 Å². The van der Waals surface area contributed by atoms with Crippen molar-refractivity contribution in [2.75, 3.05) is 84.6 Å². The second kappa shape index (κ2) is 31.0. The van der Waals surface area contributed by atoms with Gasteiger partial charge < -0.3 is 58.2 Å². The number of likely N-dealkylation sites (N-methyl/N-ethyl adjacent to an activating group) is 3. The maximum absolute atomic E-state index is 12.3. The van der Waals surface area contributed by atoms with Crippen LogP contribution in [0.25, 0.3) is 0 Å². The Hall–Kier alpha value is -7.74. The van der Waals surface area contributed by atoms with Gasteiger partial charge in [0.05, 0.1) is 0 Å². The molecule has 12 amide bonds. The number of hydrogen-bond acceptors (Lipinski definition) is 17. The van der Waals surface area contributed by atoms with Crippen LogP contribution in [-0.2, 0) is 59.1 Å². The Morgan fingerprint density at radius 2 is 0.730 bits per heavy atom. The van der Waals surface area contributed by atoms with Crippen LogP contribution in [0.1, 0.15) is 69.3 Å². The molecule has 0 saturated carbocycles. The van der Waals surface area contributed by atoms with Gasteiger partial charge in [0, 0.05) is 84.6 Å². The number of carboxylic acid groups (broad SMARTS) is 1. The molecular weight excluding hydrogens is 979 g/mol. The summed E-state index contributed by atoms with van der Waals surface area (Å²) in [4.78, 5) is 152. The highest BCUT2D eigenvalue weighted by Gasteiger charge is 2.34. The molecule has 0 fully saturated rings. The second-order valence-electron chi connectivity index (χ2n) is 18.1. The molecule has 1 aromatic rings. The molecule has 27 nitrogen and oxygen atoms in total. The number of esters is 5. The highest BCUT2D eigenvalue weighted by atomic mass is 16.6. The summed E-state index contributed by atoms with van der Waals surface area (Å²) in [6, 6.07) is 2.39. The van der Waals surface area contributed by atoms with Crippen molar-refractivity contribution in [3.8, 4) is 0 Å². The summed E-state index contributed by atoms with van der Waals surface area (Å²) in [6.07, 6.45) is -3.56. The number of imide groups is 3. The fraction of sp³-hybridized carbons (Fsp3) is 0.617. The van der Waals surface area contributed by atoms with Gasteiger partial charge in [-0.15, -0.1) is 0 Å². The van der Waals surface area contributed by atoms with Gasteiger partial charge in [-0.2, -0.15) is 0 Å². The van der Waals surface area contributed by atoms with Crippen LogP contribution in [0.5, 0.6) is 0 Å². The molecule has 1 aromatic carbocycles. The summed E-state index contributed by atoms with van der Waals surface area (Å²) in [5.41, 5.74) is 0.104. The third-order valence-electron chi connectivity index (χ3n) is 10.1. The van der Waals surface area contributed by atoms with Gasteiger partial charge in [-0.25, -0.2) is 72.2 Å². The molecule has 0 aliphatic rings. The number of carboxylic acids is 1. The zero-order valence-electron chi connectivity index (χ0n) is 47.5. The molecule has 0 bridgehead atoms. The number of carbonyl (C=O) groups is 12. The van der Waals surface area contributed by atoms with Crippen molar-refractivity contribution in [1.29, 1.82) is 0 Å². The standard InChI is InChI=1S/C19H27N3O6.C16H29N3O6.C12H21N3O6/c1-13(21(5)19(26)22(6)18(25)20(3)4)16(23)28-14(2)17(24)27-12-15-10-8-7-9-11-15;1-10(18(8)15(23)19(9)14(22)17(6)7)12(20)24-11(2)13(21)25-16(3,4)5;1-7(10(18)21-8(2)9(16)17)14(5)12(20)15(6)11(19)13(3)4/h7-11,13-14H,12H2,1-6H3;10-11H,1-9H3;7-8H,1-6H3,(H,16,17)/p+1. The van der Waals surface area contributed by atoms with Crippen LogP contribution in [0.4, 0.5) is 28.8 Å². The number of ether oxygens (including phenoxy) is 5. The van der Waals surface area contributed by atoms with Crippen molar-refractivity contribution in [3.05, 3.63) is 35.9 Å². The quantitative estimate of drug-likeness (QED) is 0.207. The minimum absolute atomic E-state index is 0. The van der Waals surface area contributed by atoms with E-state index >= 15 is 0 Å². The lowest BCUT2D eigenvalue weighted by Crippen LogP contribution is -2.51. The van der Waals surface area contributed by atoms with Crippen LogP contribution in [0, 0.1) is 0 Å². The van der Waals surface area contributed by atoms with Crippen molar-refractivity contribution in [2.24, 2.45) is 0 Å². The Bertz CT molecular complexity index is 2140. The van der Waals surface area contributed by atoms with Gasteiger partial charge >= 0.3 is 73.4 Å². The van der Waals surface area contributed by atoms with Gasteiger partial charge in [-0.05, 0) is 67.9 Å². The average molecular weight is 1060 g/mol. The number of carbonyl (C=O) groups excluding carboxylic acids is 11. The Balaban J connectivity index is -0.00000104. The number of aliphatic carboxylic acids is 1. The largest absolute Gasteiger partial charge is 1.00 e. The van der Waals surface area contributed by atoms with E-state index in [-0.39, 0.29) is 8.03 Å². The zero-order valence-corrected chi connectivity index (χ0v) is 46.5. The molecule has 0 spiro atoms. The van der Waals surface area contributed by atoms with Crippen LogP contribution < -0.4 is 0 Å². The van der Waals surface area contributed by atoms with E-state index in [1.54, 1.807) is 32.9 Å². The van der Waals surface area contributed by atoms with Crippen LogP contribution in [0.2, 0.25) is 0 Å². The van der Waals surface area contributed by atoms with Crippen LogP contribution in [0.3, 0.4) is 0 Å². The van der Waals surface area contributed by atoms with Gasteiger partial charge in [-0.1, -0.05) is 30.3 Å². The van der Waals surface area contributed by atoms with Gasteiger partial charge in [-0.3, -0.25) is 0 Å². The van der Waals surface area contributed by atoms with E-state index in [0.717, 1.165) is 35.0 Å². The molecule has 74 heavy (non-hydrogen) atoms. The van der Waals surface area contributed by atoms with Gasteiger partial charge in [0.1, 0.15) is 30.3 Å². The minimum atomic E-state index is -1.32. The average Bonchev–Trinajstić information content (AvgIpc) is 3.33. The molecule has 6 unspecified atom stereocenters. The summed E-state index contributed by atoms with van der Waals surface area (Å²) in [6.45, 7) is 13.4. The van der Waals surface area contributed by atoms with Crippen LogP contribution in [0.15, 0.2) is 30.3 Å². The number of hydrogen-bond donors (Lipinski definition) is 1. The molecule has 1 N–H and O–H groups in total. The summed E-state index contributed by atoms with van der Waals surface area (Å²) < 4.78 is 25.1. The lowest BCUT2D eigenvalue weighted by molar-refractivity contribution is -0.176. The lowest BCUT2D eigenvalue weighted by atomic mass is 10.2. The fourth-order valence-electron chi connectivity index (χ4n) is 5.02. The summed E-state index contributed by atoms with van der Waals surface area (Å²) in [5.74, 6) is -5.10. The van der Waals surface area contributed by atoms with Crippen molar-refractivity contribution < 1.29 is 87.8 Å². The molecule has 27 heteroatoms.